The van der Waals surface area contributed by atoms with E-state index in [2.05, 4.69) is 22.5 Å². The van der Waals surface area contributed by atoms with E-state index < -0.39 is 0 Å². The van der Waals surface area contributed by atoms with Gasteiger partial charge in [-0.2, -0.15) is 0 Å². The lowest BCUT2D eigenvalue weighted by Crippen LogP contribution is -2.55. The number of ether oxygens (including phenoxy) is 2. The van der Waals surface area contributed by atoms with Crippen LogP contribution in [0.3, 0.4) is 0 Å². The summed E-state index contributed by atoms with van der Waals surface area (Å²) in [6, 6.07) is 8.03. The standard InChI is InChI=1S/C23H28N2O3/c1-4-15-14-25-11-9-16(15)12-21(25)23(28-22(26)5-2)18-8-10-24-20-7-6-17(27-3)13-19(18)20/h4,6-8,10,13,15-16,21,23H,1,5,9,11-12,14H2,2-3H3/t15-,16+,21+,23+/m1/s1. The summed E-state index contributed by atoms with van der Waals surface area (Å²) in [6.45, 7) is 7.90. The fraction of sp³-hybridized carbons (Fsp3) is 0.478. The Morgan fingerprint density at radius 1 is 1.43 bits per heavy atom. The topological polar surface area (TPSA) is 51.7 Å². The van der Waals surface area contributed by atoms with Crippen LogP contribution >= 0.6 is 0 Å². The third-order valence-corrected chi connectivity index (χ3v) is 6.34. The van der Waals surface area contributed by atoms with Crippen LogP contribution in [0, 0.1) is 11.8 Å². The smallest absolute Gasteiger partial charge is 0.306 e. The third-order valence-electron chi connectivity index (χ3n) is 6.34. The van der Waals surface area contributed by atoms with Crippen LogP contribution in [0.2, 0.25) is 0 Å². The van der Waals surface area contributed by atoms with E-state index >= 15 is 0 Å². The van der Waals surface area contributed by atoms with Crippen molar-refractivity contribution in [1.29, 1.82) is 0 Å². The molecule has 0 amide bonds. The number of carbonyl (C=O) groups is 1. The van der Waals surface area contributed by atoms with Crippen molar-refractivity contribution < 1.29 is 14.3 Å². The molecule has 1 unspecified atom stereocenters. The maximum absolute atomic E-state index is 12.3. The Morgan fingerprint density at radius 2 is 2.29 bits per heavy atom. The molecule has 5 nitrogen and oxygen atoms in total. The van der Waals surface area contributed by atoms with E-state index in [9.17, 15) is 4.79 Å². The van der Waals surface area contributed by atoms with E-state index in [1.54, 1.807) is 13.3 Å². The maximum atomic E-state index is 12.3. The number of piperidine rings is 3. The van der Waals surface area contributed by atoms with Gasteiger partial charge in [-0.15, -0.1) is 6.58 Å². The first-order chi connectivity index (χ1) is 13.6. The van der Waals surface area contributed by atoms with Crippen LogP contribution in [0.4, 0.5) is 0 Å². The highest BCUT2D eigenvalue weighted by atomic mass is 16.5. The number of methoxy groups -OCH3 is 1. The number of aromatic nitrogens is 1. The molecule has 0 radical (unpaired) electrons. The minimum Gasteiger partial charge on any atom is -0.497 e. The Labute approximate surface area is 166 Å². The zero-order valence-corrected chi connectivity index (χ0v) is 16.6. The maximum Gasteiger partial charge on any atom is 0.306 e. The van der Waals surface area contributed by atoms with Crippen LogP contribution in [-0.2, 0) is 9.53 Å². The summed E-state index contributed by atoms with van der Waals surface area (Å²) in [6.07, 6.45) is 6.17. The molecule has 0 aliphatic carbocycles. The van der Waals surface area contributed by atoms with Gasteiger partial charge in [0, 0.05) is 30.1 Å². The molecule has 2 bridgehead atoms. The Kier molecular flexibility index (Phi) is 5.36. The number of nitrogens with zero attached hydrogens (tertiary/aromatic N) is 2. The van der Waals surface area contributed by atoms with Crippen molar-refractivity contribution in [3.8, 4) is 5.75 Å². The van der Waals surface area contributed by atoms with Crippen LogP contribution in [0.5, 0.6) is 5.75 Å². The minimum absolute atomic E-state index is 0.166. The number of fused-ring (bicyclic) bond motifs is 4. The van der Waals surface area contributed by atoms with Crippen LogP contribution in [0.1, 0.15) is 37.9 Å². The Bertz CT molecular complexity index is 881. The first-order valence-corrected chi connectivity index (χ1v) is 10.1. The first kappa shape index (κ1) is 18.9. The van der Waals surface area contributed by atoms with Crippen molar-refractivity contribution >= 4 is 16.9 Å². The molecular formula is C23H28N2O3. The monoisotopic (exact) mass is 380 g/mol. The summed E-state index contributed by atoms with van der Waals surface area (Å²) in [5.41, 5.74) is 1.90. The second-order valence-corrected chi connectivity index (χ2v) is 7.79. The number of hydrogen-bond donors (Lipinski definition) is 0. The zero-order valence-electron chi connectivity index (χ0n) is 16.6. The summed E-state index contributed by atoms with van der Waals surface area (Å²) in [7, 11) is 1.66. The van der Waals surface area contributed by atoms with Gasteiger partial charge in [0.05, 0.1) is 18.7 Å². The molecule has 5 rings (SSSR count). The number of hydrogen-bond acceptors (Lipinski definition) is 5. The minimum atomic E-state index is -0.307. The molecule has 5 heteroatoms. The molecule has 28 heavy (non-hydrogen) atoms. The van der Waals surface area contributed by atoms with Crippen LogP contribution in [0.25, 0.3) is 10.9 Å². The summed E-state index contributed by atoms with van der Waals surface area (Å²) < 4.78 is 11.5. The lowest BCUT2D eigenvalue weighted by atomic mass is 9.73. The zero-order chi connectivity index (χ0) is 19.7. The van der Waals surface area contributed by atoms with E-state index in [1.807, 2.05) is 31.2 Å². The molecule has 1 aromatic carbocycles. The van der Waals surface area contributed by atoms with Crippen molar-refractivity contribution in [2.75, 3.05) is 20.2 Å². The number of carbonyl (C=O) groups excluding carboxylic acids is 1. The van der Waals surface area contributed by atoms with Gasteiger partial charge in [0.2, 0.25) is 0 Å². The van der Waals surface area contributed by atoms with Crippen molar-refractivity contribution in [2.24, 2.45) is 11.8 Å². The summed E-state index contributed by atoms with van der Waals surface area (Å²) >= 11 is 0. The molecule has 3 saturated heterocycles. The fourth-order valence-electron chi connectivity index (χ4n) is 4.79. The van der Waals surface area contributed by atoms with E-state index in [4.69, 9.17) is 9.47 Å². The summed E-state index contributed by atoms with van der Waals surface area (Å²) in [4.78, 5) is 19.3. The summed E-state index contributed by atoms with van der Waals surface area (Å²) in [5.74, 6) is 1.75. The highest BCUT2D eigenvalue weighted by Crippen LogP contribution is 2.43. The SMILES string of the molecule is C=C[C@@H]1CN2CC[C@H]1C[C@H]2[C@@H](OC(=O)CC)c1ccnc2ccc(OC)cc12. The number of rotatable bonds is 6. The fourth-order valence-corrected chi connectivity index (χ4v) is 4.79. The van der Waals surface area contributed by atoms with E-state index in [1.165, 1.54) is 6.42 Å². The molecule has 3 aliphatic heterocycles. The molecule has 0 saturated carbocycles. The van der Waals surface area contributed by atoms with Gasteiger partial charge in [-0.25, -0.2) is 0 Å². The van der Waals surface area contributed by atoms with E-state index in [0.717, 1.165) is 41.7 Å². The predicted molar refractivity (Wildman–Crippen MR) is 109 cm³/mol. The van der Waals surface area contributed by atoms with Gasteiger partial charge in [-0.3, -0.25) is 14.7 Å². The number of pyridine rings is 1. The molecule has 1 aromatic heterocycles. The van der Waals surface area contributed by atoms with E-state index in [0.29, 0.717) is 18.3 Å². The normalized spacial score (nSPS) is 27.4. The summed E-state index contributed by atoms with van der Waals surface area (Å²) in [5, 5.41) is 0.985. The molecule has 5 atom stereocenters. The average molecular weight is 380 g/mol. The second kappa shape index (κ2) is 7.92. The molecule has 148 valence electrons. The van der Waals surface area contributed by atoms with Gasteiger partial charge in [0.1, 0.15) is 11.9 Å². The van der Waals surface area contributed by atoms with Gasteiger partial charge in [0.15, 0.2) is 0 Å². The Morgan fingerprint density at radius 3 is 2.96 bits per heavy atom. The molecule has 0 spiro atoms. The molecular weight excluding hydrogens is 352 g/mol. The van der Waals surface area contributed by atoms with Crippen molar-refractivity contribution in [2.45, 2.75) is 38.3 Å². The van der Waals surface area contributed by atoms with Gasteiger partial charge >= 0.3 is 5.97 Å². The lowest BCUT2D eigenvalue weighted by molar-refractivity contribution is -0.156. The molecule has 3 aliphatic rings. The predicted octanol–water partition coefficient (Wildman–Crippen LogP) is 4.13. The number of esters is 1. The second-order valence-electron chi connectivity index (χ2n) is 7.79. The van der Waals surface area contributed by atoms with Crippen molar-refractivity contribution in [1.82, 2.24) is 9.88 Å². The Hall–Kier alpha value is -2.40. The van der Waals surface area contributed by atoms with Crippen LogP contribution < -0.4 is 4.74 Å². The third kappa shape index (κ3) is 3.39. The van der Waals surface area contributed by atoms with Crippen LogP contribution in [0.15, 0.2) is 43.1 Å². The average Bonchev–Trinajstić information content (AvgIpc) is 2.76. The van der Waals surface area contributed by atoms with Gasteiger partial charge in [-0.05, 0) is 55.5 Å². The molecule has 0 N–H and O–H groups in total. The van der Waals surface area contributed by atoms with Gasteiger partial charge in [0.25, 0.3) is 0 Å². The Balaban J connectivity index is 1.76. The highest BCUT2D eigenvalue weighted by molar-refractivity contribution is 5.84. The molecule has 3 fully saturated rings. The van der Waals surface area contributed by atoms with Crippen LogP contribution in [-0.4, -0.2) is 42.1 Å². The quantitative estimate of drug-likeness (QED) is 0.557. The van der Waals surface area contributed by atoms with Crippen molar-refractivity contribution in [3.63, 3.8) is 0 Å². The molecule has 4 heterocycles. The van der Waals surface area contributed by atoms with Gasteiger partial charge in [-0.1, -0.05) is 13.0 Å². The lowest BCUT2D eigenvalue weighted by Gasteiger charge is -2.51. The number of benzene rings is 1. The van der Waals surface area contributed by atoms with E-state index in [-0.39, 0.29) is 18.1 Å². The highest BCUT2D eigenvalue weighted by Gasteiger charge is 2.44. The molecule has 2 aromatic rings. The largest absolute Gasteiger partial charge is 0.497 e. The first-order valence-electron chi connectivity index (χ1n) is 10.1. The van der Waals surface area contributed by atoms with Gasteiger partial charge < -0.3 is 9.47 Å². The van der Waals surface area contributed by atoms with Crippen molar-refractivity contribution in [3.05, 3.63) is 48.7 Å².